The Hall–Kier alpha value is -0.610. The van der Waals surface area contributed by atoms with Crippen molar-refractivity contribution in [2.75, 3.05) is 32.7 Å². The fraction of sp³-hybridized carbons (Fsp3) is 0.929. The Kier molecular flexibility index (Phi) is 3.85. The highest BCUT2D eigenvalue weighted by Crippen LogP contribution is 2.21. The first-order chi connectivity index (χ1) is 8.81. The van der Waals surface area contributed by atoms with E-state index in [-0.39, 0.29) is 5.91 Å². The number of nitrogens with zero attached hydrogens (tertiary/aromatic N) is 2. The molecule has 1 saturated carbocycles. The molecule has 4 heteroatoms. The molecule has 18 heavy (non-hydrogen) atoms. The van der Waals surface area contributed by atoms with E-state index in [9.17, 15) is 4.79 Å². The second-order valence-electron chi connectivity index (χ2n) is 6.12. The van der Waals surface area contributed by atoms with Gasteiger partial charge in [0.15, 0.2) is 0 Å². The predicted octanol–water partition coefficient (Wildman–Crippen LogP) is 0.825. The molecule has 1 amide bonds. The fourth-order valence-electron chi connectivity index (χ4n) is 3.28. The van der Waals surface area contributed by atoms with Crippen molar-refractivity contribution in [2.45, 2.75) is 50.6 Å². The van der Waals surface area contributed by atoms with Crippen LogP contribution in [0, 0.1) is 0 Å². The van der Waals surface area contributed by atoms with Crippen LogP contribution in [0.15, 0.2) is 0 Å². The molecule has 1 atom stereocenters. The zero-order valence-electron chi connectivity index (χ0n) is 11.2. The average Bonchev–Trinajstić information content (AvgIpc) is 3.00. The van der Waals surface area contributed by atoms with Crippen LogP contribution in [0.3, 0.4) is 0 Å². The zero-order valence-corrected chi connectivity index (χ0v) is 11.2. The summed E-state index contributed by atoms with van der Waals surface area (Å²) in [6.45, 7) is 5.35. The van der Waals surface area contributed by atoms with Gasteiger partial charge in [0.1, 0.15) is 0 Å². The van der Waals surface area contributed by atoms with E-state index in [1.807, 2.05) is 0 Å². The van der Waals surface area contributed by atoms with E-state index in [4.69, 9.17) is 0 Å². The molecule has 4 nitrogen and oxygen atoms in total. The van der Waals surface area contributed by atoms with Crippen LogP contribution in [-0.2, 0) is 4.79 Å². The SMILES string of the molecule is O=C(CN1CCC[C@H](N2CCCC2)C1)NC1CC1. The van der Waals surface area contributed by atoms with Crippen molar-refractivity contribution in [3.05, 3.63) is 0 Å². The van der Waals surface area contributed by atoms with Crippen LogP contribution in [0.25, 0.3) is 0 Å². The Labute approximate surface area is 110 Å². The smallest absolute Gasteiger partial charge is 0.234 e. The van der Waals surface area contributed by atoms with E-state index in [0.29, 0.717) is 18.6 Å². The number of nitrogens with one attached hydrogen (secondary N) is 1. The third-order valence-corrected chi connectivity index (χ3v) is 4.45. The number of piperidine rings is 1. The number of likely N-dealkylation sites (tertiary alicyclic amines) is 2. The topological polar surface area (TPSA) is 35.6 Å². The predicted molar refractivity (Wildman–Crippen MR) is 71.4 cm³/mol. The van der Waals surface area contributed by atoms with E-state index >= 15 is 0 Å². The summed E-state index contributed by atoms with van der Waals surface area (Å²) in [6, 6.07) is 1.20. The van der Waals surface area contributed by atoms with Crippen molar-refractivity contribution in [1.82, 2.24) is 15.1 Å². The molecule has 2 heterocycles. The number of carbonyl (C=O) groups excluding carboxylic acids is 1. The van der Waals surface area contributed by atoms with Crippen LogP contribution < -0.4 is 5.32 Å². The molecule has 1 aliphatic carbocycles. The molecule has 3 aliphatic rings. The van der Waals surface area contributed by atoms with E-state index < -0.39 is 0 Å². The monoisotopic (exact) mass is 251 g/mol. The summed E-state index contributed by atoms with van der Waals surface area (Å²) < 4.78 is 0. The molecular weight excluding hydrogens is 226 g/mol. The molecule has 3 rings (SSSR count). The number of rotatable bonds is 4. The number of hydrogen-bond acceptors (Lipinski definition) is 3. The minimum atomic E-state index is 0.236. The van der Waals surface area contributed by atoms with Crippen LogP contribution >= 0.6 is 0 Å². The highest BCUT2D eigenvalue weighted by molar-refractivity contribution is 5.78. The lowest BCUT2D eigenvalue weighted by molar-refractivity contribution is -0.122. The maximum absolute atomic E-state index is 11.8. The molecule has 102 valence electrons. The Bertz CT molecular complexity index is 297. The van der Waals surface area contributed by atoms with Crippen molar-refractivity contribution in [3.63, 3.8) is 0 Å². The van der Waals surface area contributed by atoms with Crippen LogP contribution in [0.4, 0.5) is 0 Å². The van der Waals surface area contributed by atoms with Crippen LogP contribution in [-0.4, -0.2) is 60.5 Å². The van der Waals surface area contributed by atoms with Crippen molar-refractivity contribution in [2.24, 2.45) is 0 Å². The Morgan fingerprint density at radius 2 is 1.83 bits per heavy atom. The summed E-state index contributed by atoms with van der Waals surface area (Å²) in [4.78, 5) is 16.8. The van der Waals surface area contributed by atoms with Gasteiger partial charge in [-0.15, -0.1) is 0 Å². The van der Waals surface area contributed by atoms with Crippen molar-refractivity contribution in [3.8, 4) is 0 Å². The van der Waals surface area contributed by atoms with Crippen molar-refractivity contribution >= 4 is 5.91 Å². The van der Waals surface area contributed by atoms with E-state index in [2.05, 4.69) is 15.1 Å². The molecule has 0 unspecified atom stereocenters. The molecule has 2 saturated heterocycles. The summed E-state index contributed by atoms with van der Waals surface area (Å²) in [5, 5.41) is 3.09. The number of hydrogen-bond donors (Lipinski definition) is 1. The molecule has 0 radical (unpaired) electrons. The van der Waals surface area contributed by atoms with Gasteiger partial charge in [0.05, 0.1) is 6.54 Å². The second kappa shape index (κ2) is 5.57. The highest BCUT2D eigenvalue weighted by Gasteiger charge is 2.29. The first kappa shape index (κ1) is 12.4. The summed E-state index contributed by atoms with van der Waals surface area (Å²) in [5.74, 6) is 0.236. The third kappa shape index (κ3) is 3.23. The van der Waals surface area contributed by atoms with Crippen molar-refractivity contribution in [1.29, 1.82) is 0 Å². The van der Waals surface area contributed by atoms with Gasteiger partial charge in [-0.25, -0.2) is 0 Å². The van der Waals surface area contributed by atoms with E-state index in [1.165, 1.54) is 51.6 Å². The van der Waals surface area contributed by atoms with Crippen molar-refractivity contribution < 1.29 is 4.79 Å². The van der Waals surface area contributed by atoms with Crippen LogP contribution in [0.2, 0.25) is 0 Å². The second-order valence-corrected chi connectivity index (χ2v) is 6.12. The van der Waals surface area contributed by atoms with Gasteiger partial charge in [-0.2, -0.15) is 0 Å². The summed E-state index contributed by atoms with van der Waals surface area (Å²) in [6.07, 6.45) is 7.65. The number of carbonyl (C=O) groups is 1. The molecule has 2 aliphatic heterocycles. The zero-order chi connectivity index (χ0) is 12.4. The summed E-state index contributed by atoms with van der Waals surface area (Å²) in [7, 11) is 0. The number of amides is 1. The van der Waals surface area contributed by atoms with Crippen LogP contribution in [0.5, 0.6) is 0 Å². The molecule has 0 aromatic heterocycles. The molecule has 0 aromatic rings. The quantitative estimate of drug-likeness (QED) is 0.804. The van der Waals surface area contributed by atoms with E-state index in [1.54, 1.807) is 0 Å². The standard InChI is InChI=1S/C14H25N3O/c18-14(15-12-5-6-12)11-16-7-3-4-13(10-16)17-8-1-2-9-17/h12-13H,1-11H2,(H,15,18)/t13-/m0/s1. The Morgan fingerprint density at radius 3 is 2.56 bits per heavy atom. The third-order valence-electron chi connectivity index (χ3n) is 4.45. The van der Waals surface area contributed by atoms with Crippen LogP contribution in [0.1, 0.15) is 38.5 Å². The minimum absolute atomic E-state index is 0.236. The summed E-state index contributed by atoms with van der Waals surface area (Å²) in [5.41, 5.74) is 0. The maximum atomic E-state index is 11.8. The fourth-order valence-corrected chi connectivity index (χ4v) is 3.28. The lowest BCUT2D eigenvalue weighted by Crippen LogP contribution is -2.49. The Morgan fingerprint density at radius 1 is 1.06 bits per heavy atom. The normalized spacial score (nSPS) is 30.6. The van der Waals surface area contributed by atoms with Gasteiger partial charge in [-0.3, -0.25) is 14.6 Å². The highest BCUT2D eigenvalue weighted by atomic mass is 16.2. The molecule has 0 aromatic carbocycles. The van der Waals surface area contributed by atoms with Gasteiger partial charge in [0, 0.05) is 18.6 Å². The summed E-state index contributed by atoms with van der Waals surface area (Å²) >= 11 is 0. The van der Waals surface area contributed by atoms with Gasteiger partial charge >= 0.3 is 0 Å². The molecule has 1 N–H and O–H groups in total. The molecule has 0 bridgehead atoms. The largest absolute Gasteiger partial charge is 0.352 e. The minimum Gasteiger partial charge on any atom is -0.352 e. The molecular formula is C14H25N3O. The molecule has 0 spiro atoms. The first-order valence-electron chi connectivity index (χ1n) is 7.57. The molecule has 3 fully saturated rings. The van der Waals surface area contributed by atoms with Gasteiger partial charge in [-0.1, -0.05) is 0 Å². The lowest BCUT2D eigenvalue weighted by Gasteiger charge is -2.37. The van der Waals surface area contributed by atoms with Gasteiger partial charge in [0.25, 0.3) is 0 Å². The maximum Gasteiger partial charge on any atom is 0.234 e. The first-order valence-corrected chi connectivity index (χ1v) is 7.57. The average molecular weight is 251 g/mol. The van der Waals surface area contributed by atoms with E-state index in [0.717, 1.165) is 13.1 Å². The van der Waals surface area contributed by atoms with Gasteiger partial charge < -0.3 is 5.32 Å². The van der Waals surface area contributed by atoms with Gasteiger partial charge in [0.2, 0.25) is 5.91 Å². The Balaban J connectivity index is 1.45. The lowest BCUT2D eigenvalue weighted by atomic mass is 10.0. The van der Waals surface area contributed by atoms with Gasteiger partial charge in [-0.05, 0) is 58.2 Å².